The lowest BCUT2D eigenvalue weighted by Gasteiger charge is -2.10. The minimum absolute atomic E-state index is 0.0723. The average Bonchev–Trinajstić information content (AvgIpc) is 3.47. The van der Waals surface area contributed by atoms with Crippen LogP contribution in [0.4, 0.5) is 4.39 Å². The molecule has 0 bridgehead atoms. The number of furan rings is 1. The summed E-state index contributed by atoms with van der Waals surface area (Å²) in [5, 5.41) is 7.90. The lowest BCUT2D eigenvalue weighted by atomic mass is 9.93. The van der Waals surface area contributed by atoms with E-state index >= 15 is 0 Å². The number of rotatable bonds is 5. The van der Waals surface area contributed by atoms with Crippen LogP contribution in [0.3, 0.4) is 0 Å². The highest BCUT2D eigenvalue weighted by molar-refractivity contribution is 6.31. The van der Waals surface area contributed by atoms with Crippen molar-refractivity contribution >= 4 is 17.5 Å². The van der Waals surface area contributed by atoms with Gasteiger partial charge in [0.25, 0.3) is 5.91 Å². The average molecular weight is 445 g/mol. The SMILES string of the molecule is Cc1c(C(=O)NC[C@@H]2CCCO2)oc2c1-c1nn(Cc3ncc(F)cc3Cl)cc1CC2. The first-order chi connectivity index (χ1) is 15.0. The first-order valence-electron chi connectivity index (χ1n) is 10.4. The molecule has 3 aromatic rings. The van der Waals surface area contributed by atoms with Crippen LogP contribution in [0.25, 0.3) is 11.3 Å². The van der Waals surface area contributed by atoms with E-state index in [4.69, 9.17) is 25.9 Å². The number of halogens is 2. The molecule has 1 N–H and O–H groups in total. The standard InChI is InChI=1S/C22H22ClFN4O3/c1-12-19-18(31-21(12)22(29)26-9-15-3-2-6-30-15)5-4-13-10-28(27-20(13)19)11-17-16(23)7-14(24)8-25-17/h7-8,10,15H,2-6,9,11H2,1H3,(H,26,29)/t15-/m0/s1. The number of hydrogen-bond donors (Lipinski definition) is 1. The topological polar surface area (TPSA) is 82.2 Å². The van der Waals surface area contributed by atoms with Crippen LogP contribution in [0.2, 0.25) is 5.02 Å². The van der Waals surface area contributed by atoms with E-state index in [0.717, 1.165) is 60.2 Å². The van der Waals surface area contributed by atoms with Crippen molar-refractivity contribution in [2.45, 2.75) is 45.3 Å². The van der Waals surface area contributed by atoms with E-state index in [9.17, 15) is 9.18 Å². The molecule has 162 valence electrons. The molecule has 1 aliphatic carbocycles. The minimum atomic E-state index is -0.475. The summed E-state index contributed by atoms with van der Waals surface area (Å²) < 4.78 is 26.5. The molecule has 0 unspecified atom stereocenters. The molecule has 0 spiro atoms. The van der Waals surface area contributed by atoms with Gasteiger partial charge in [0.15, 0.2) is 5.76 Å². The van der Waals surface area contributed by atoms with Crippen LogP contribution in [0.1, 0.15) is 46.0 Å². The van der Waals surface area contributed by atoms with E-state index in [1.807, 2.05) is 13.1 Å². The van der Waals surface area contributed by atoms with Gasteiger partial charge in [-0.05, 0) is 37.8 Å². The molecule has 3 aromatic heterocycles. The molecule has 1 fully saturated rings. The third kappa shape index (κ3) is 3.85. The fourth-order valence-corrected chi connectivity index (χ4v) is 4.48. The molecule has 2 aliphatic rings. The Kier molecular flexibility index (Phi) is 5.27. The number of hydrogen-bond acceptors (Lipinski definition) is 5. The molecule has 4 heterocycles. The van der Waals surface area contributed by atoms with Crippen LogP contribution in [0.5, 0.6) is 0 Å². The third-order valence-electron chi connectivity index (χ3n) is 5.83. The van der Waals surface area contributed by atoms with Gasteiger partial charge in [0.1, 0.15) is 11.6 Å². The van der Waals surface area contributed by atoms with Crippen molar-refractivity contribution in [2.24, 2.45) is 0 Å². The second kappa shape index (κ2) is 8.09. The maximum Gasteiger partial charge on any atom is 0.287 e. The summed E-state index contributed by atoms with van der Waals surface area (Å²) in [6, 6.07) is 1.24. The molecule has 7 nitrogen and oxygen atoms in total. The number of carbonyl (C=O) groups excluding carboxylic acids is 1. The number of nitrogens with one attached hydrogen (secondary N) is 1. The van der Waals surface area contributed by atoms with Gasteiger partial charge in [0.05, 0.1) is 35.3 Å². The van der Waals surface area contributed by atoms with E-state index in [-0.39, 0.29) is 17.0 Å². The molecule has 1 aliphatic heterocycles. The number of fused-ring (bicyclic) bond motifs is 3. The fourth-order valence-electron chi connectivity index (χ4n) is 4.27. The smallest absolute Gasteiger partial charge is 0.287 e. The summed E-state index contributed by atoms with van der Waals surface area (Å²) >= 11 is 6.12. The first-order valence-corrected chi connectivity index (χ1v) is 10.8. The molecular formula is C22H22ClFN4O3. The molecule has 1 atom stereocenters. The number of ether oxygens (including phenoxy) is 1. The Morgan fingerprint density at radius 2 is 2.29 bits per heavy atom. The van der Waals surface area contributed by atoms with Gasteiger partial charge in [-0.3, -0.25) is 14.5 Å². The zero-order valence-electron chi connectivity index (χ0n) is 17.1. The highest BCUT2D eigenvalue weighted by atomic mass is 35.5. The van der Waals surface area contributed by atoms with Gasteiger partial charge in [0.2, 0.25) is 0 Å². The van der Waals surface area contributed by atoms with Crippen molar-refractivity contribution in [2.75, 3.05) is 13.2 Å². The summed E-state index contributed by atoms with van der Waals surface area (Å²) in [6.07, 6.45) is 6.61. The van der Waals surface area contributed by atoms with E-state index in [1.54, 1.807) is 4.68 Å². The van der Waals surface area contributed by atoms with Crippen molar-refractivity contribution in [1.82, 2.24) is 20.1 Å². The second-order valence-electron chi connectivity index (χ2n) is 7.98. The lowest BCUT2D eigenvalue weighted by molar-refractivity contribution is 0.0833. The number of carbonyl (C=O) groups is 1. The Labute approximate surface area is 183 Å². The maximum absolute atomic E-state index is 13.3. The Hall–Kier alpha value is -2.71. The number of pyridine rings is 1. The van der Waals surface area contributed by atoms with Crippen molar-refractivity contribution in [3.8, 4) is 11.3 Å². The Balaban J connectivity index is 1.39. The molecule has 0 aromatic carbocycles. The number of aryl methyl sites for hydroxylation is 2. The maximum atomic E-state index is 13.3. The molecule has 1 amide bonds. The molecule has 9 heteroatoms. The molecule has 31 heavy (non-hydrogen) atoms. The van der Waals surface area contributed by atoms with E-state index in [1.165, 1.54) is 6.07 Å². The molecule has 0 saturated carbocycles. The summed E-state index contributed by atoms with van der Waals surface area (Å²) in [5.41, 5.74) is 4.07. The van der Waals surface area contributed by atoms with Gasteiger partial charge in [-0.1, -0.05) is 11.6 Å². The molecule has 1 saturated heterocycles. The van der Waals surface area contributed by atoms with Crippen LogP contribution < -0.4 is 5.32 Å². The van der Waals surface area contributed by atoms with Gasteiger partial charge in [0, 0.05) is 36.9 Å². The van der Waals surface area contributed by atoms with E-state index in [0.29, 0.717) is 31.0 Å². The van der Waals surface area contributed by atoms with Crippen molar-refractivity contribution in [3.05, 3.63) is 57.6 Å². The predicted octanol–water partition coefficient (Wildman–Crippen LogP) is 3.69. The van der Waals surface area contributed by atoms with E-state index < -0.39 is 5.82 Å². The molecule has 0 radical (unpaired) electrons. The number of amides is 1. The predicted molar refractivity (Wildman–Crippen MR) is 112 cm³/mol. The van der Waals surface area contributed by atoms with Crippen LogP contribution >= 0.6 is 11.6 Å². The lowest BCUT2D eigenvalue weighted by Crippen LogP contribution is -2.31. The van der Waals surface area contributed by atoms with Crippen LogP contribution in [-0.4, -0.2) is 39.9 Å². The summed E-state index contributed by atoms with van der Waals surface area (Å²) in [4.78, 5) is 16.8. The first kappa shape index (κ1) is 20.2. The number of nitrogens with zero attached hydrogens (tertiary/aromatic N) is 3. The zero-order chi connectivity index (χ0) is 21.5. The van der Waals surface area contributed by atoms with Crippen molar-refractivity contribution < 1.29 is 18.3 Å². The fraction of sp³-hybridized carbons (Fsp3) is 0.409. The van der Waals surface area contributed by atoms with Gasteiger partial charge >= 0.3 is 0 Å². The Morgan fingerprint density at radius 3 is 3.06 bits per heavy atom. The van der Waals surface area contributed by atoms with Gasteiger partial charge in [-0.25, -0.2) is 4.39 Å². The quantitative estimate of drug-likeness (QED) is 0.649. The molecule has 5 rings (SSSR count). The van der Waals surface area contributed by atoms with Gasteiger partial charge in [-0.15, -0.1) is 0 Å². The van der Waals surface area contributed by atoms with Gasteiger partial charge < -0.3 is 14.5 Å². The molecular weight excluding hydrogens is 423 g/mol. The largest absolute Gasteiger partial charge is 0.455 e. The summed E-state index contributed by atoms with van der Waals surface area (Å²) in [6.45, 7) is 3.44. The second-order valence-corrected chi connectivity index (χ2v) is 8.39. The zero-order valence-corrected chi connectivity index (χ0v) is 17.8. The number of aromatic nitrogens is 3. The van der Waals surface area contributed by atoms with Gasteiger partial charge in [-0.2, -0.15) is 5.10 Å². The van der Waals surface area contributed by atoms with Crippen LogP contribution in [0, 0.1) is 12.7 Å². The Bertz CT molecular complexity index is 1150. The minimum Gasteiger partial charge on any atom is -0.455 e. The van der Waals surface area contributed by atoms with Crippen LogP contribution in [-0.2, 0) is 24.1 Å². The monoisotopic (exact) mass is 444 g/mol. The Morgan fingerprint density at radius 1 is 1.42 bits per heavy atom. The normalized spacial score (nSPS) is 17.5. The summed E-state index contributed by atoms with van der Waals surface area (Å²) in [7, 11) is 0. The van der Waals surface area contributed by atoms with E-state index in [2.05, 4.69) is 10.3 Å². The third-order valence-corrected chi connectivity index (χ3v) is 6.16. The highest BCUT2D eigenvalue weighted by Gasteiger charge is 2.30. The van der Waals surface area contributed by atoms with Crippen molar-refractivity contribution in [1.29, 1.82) is 0 Å². The highest BCUT2D eigenvalue weighted by Crippen LogP contribution is 2.38. The summed E-state index contributed by atoms with van der Waals surface area (Å²) in [5.74, 6) is 0.396. The van der Waals surface area contributed by atoms with Crippen LogP contribution in [0.15, 0.2) is 22.9 Å². The van der Waals surface area contributed by atoms with Crippen molar-refractivity contribution in [3.63, 3.8) is 0 Å².